The Bertz CT molecular complexity index is 676. The van der Waals surface area contributed by atoms with Gasteiger partial charge in [-0.25, -0.2) is 4.63 Å². The molecule has 0 fully saturated rings. The van der Waals surface area contributed by atoms with Crippen molar-refractivity contribution >= 4 is 28.3 Å². The van der Waals surface area contributed by atoms with Crippen molar-refractivity contribution in [3.63, 3.8) is 0 Å². The number of nitrogens with zero attached hydrogens (tertiary/aromatic N) is 2. The zero-order valence-electron chi connectivity index (χ0n) is 8.72. The summed E-state index contributed by atoms with van der Waals surface area (Å²) in [7, 11) is 0. The van der Waals surface area contributed by atoms with Gasteiger partial charge in [-0.15, -0.1) is 0 Å². The third-order valence-corrected chi connectivity index (χ3v) is 2.88. The maximum absolute atomic E-state index is 6.19. The molecule has 0 amide bonds. The number of fused-ring (bicyclic) bond motifs is 1. The summed E-state index contributed by atoms with van der Waals surface area (Å²) in [4.78, 5) is 0. The normalized spacial score (nSPS) is 10.9. The van der Waals surface area contributed by atoms with Crippen LogP contribution < -0.4 is 5.73 Å². The fourth-order valence-electron chi connectivity index (χ4n) is 1.69. The fourth-order valence-corrected chi connectivity index (χ4v) is 1.96. The first-order valence-electron chi connectivity index (χ1n) is 5.02. The molecule has 3 aromatic rings. The van der Waals surface area contributed by atoms with E-state index in [4.69, 9.17) is 17.3 Å². The van der Waals surface area contributed by atoms with Gasteiger partial charge in [0, 0.05) is 11.3 Å². The average molecular weight is 246 g/mol. The minimum atomic E-state index is 0.609. The molecular weight excluding hydrogens is 238 g/mol. The van der Waals surface area contributed by atoms with Gasteiger partial charge in [-0.3, -0.25) is 0 Å². The first-order chi connectivity index (χ1) is 8.24. The molecule has 2 N–H and O–H groups in total. The van der Waals surface area contributed by atoms with Gasteiger partial charge in [0.1, 0.15) is 11.0 Å². The highest BCUT2D eigenvalue weighted by Gasteiger charge is 2.08. The van der Waals surface area contributed by atoms with Crippen molar-refractivity contribution in [1.29, 1.82) is 0 Å². The van der Waals surface area contributed by atoms with E-state index in [1.54, 1.807) is 6.07 Å². The molecular formula is C12H8ClN3O. The van der Waals surface area contributed by atoms with Crippen LogP contribution in [0.1, 0.15) is 0 Å². The van der Waals surface area contributed by atoms with Crippen molar-refractivity contribution in [2.75, 3.05) is 5.73 Å². The largest absolute Gasteiger partial charge is 0.399 e. The number of anilines is 1. The molecule has 17 heavy (non-hydrogen) atoms. The minimum Gasteiger partial charge on any atom is -0.399 e. The van der Waals surface area contributed by atoms with E-state index in [1.807, 2.05) is 30.3 Å². The van der Waals surface area contributed by atoms with E-state index < -0.39 is 0 Å². The molecule has 0 aliphatic carbocycles. The van der Waals surface area contributed by atoms with E-state index in [0.717, 1.165) is 11.1 Å². The second-order valence-electron chi connectivity index (χ2n) is 3.71. The topological polar surface area (TPSA) is 64.9 Å². The molecule has 0 bridgehead atoms. The molecule has 0 unspecified atom stereocenters. The Morgan fingerprint density at radius 3 is 2.35 bits per heavy atom. The lowest BCUT2D eigenvalue weighted by Crippen LogP contribution is -1.85. The van der Waals surface area contributed by atoms with Crippen LogP contribution in [0, 0.1) is 0 Å². The number of benzene rings is 2. The van der Waals surface area contributed by atoms with E-state index >= 15 is 0 Å². The lowest BCUT2D eigenvalue weighted by atomic mass is 10.0. The Morgan fingerprint density at radius 2 is 1.65 bits per heavy atom. The van der Waals surface area contributed by atoms with E-state index in [0.29, 0.717) is 21.7 Å². The predicted molar refractivity (Wildman–Crippen MR) is 66.7 cm³/mol. The second kappa shape index (κ2) is 3.75. The summed E-state index contributed by atoms with van der Waals surface area (Å²) in [6.07, 6.45) is 0. The molecule has 0 spiro atoms. The highest BCUT2D eigenvalue weighted by molar-refractivity contribution is 6.34. The number of nitrogen functional groups attached to an aromatic ring is 1. The summed E-state index contributed by atoms with van der Waals surface area (Å²) >= 11 is 6.19. The van der Waals surface area contributed by atoms with Crippen LogP contribution in [0.3, 0.4) is 0 Å². The summed E-state index contributed by atoms with van der Waals surface area (Å²) in [5.74, 6) is 0. The Hall–Kier alpha value is -2.07. The lowest BCUT2D eigenvalue weighted by molar-refractivity contribution is 0.315. The van der Waals surface area contributed by atoms with Gasteiger partial charge in [0.25, 0.3) is 0 Å². The molecule has 5 heteroatoms. The quantitative estimate of drug-likeness (QED) is 0.669. The molecule has 3 rings (SSSR count). The standard InChI is InChI=1S/C12H8ClN3O/c13-10-6-12-11(15-17-16-12)5-9(10)7-1-3-8(14)4-2-7/h1-6H,14H2. The van der Waals surface area contributed by atoms with Crippen LogP contribution in [0.4, 0.5) is 5.69 Å². The molecule has 84 valence electrons. The zero-order chi connectivity index (χ0) is 11.8. The maximum atomic E-state index is 6.19. The van der Waals surface area contributed by atoms with Crippen molar-refractivity contribution in [2.45, 2.75) is 0 Å². The molecule has 0 aliphatic rings. The predicted octanol–water partition coefficient (Wildman–Crippen LogP) is 3.13. The molecule has 0 saturated carbocycles. The Morgan fingerprint density at radius 1 is 1.00 bits per heavy atom. The third kappa shape index (κ3) is 1.72. The van der Waals surface area contributed by atoms with Crippen LogP contribution in [0.5, 0.6) is 0 Å². The third-order valence-electron chi connectivity index (χ3n) is 2.56. The number of hydrogen-bond donors (Lipinski definition) is 1. The first kappa shape index (κ1) is 10.1. The zero-order valence-corrected chi connectivity index (χ0v) is 9.48. The second-order valence-corrected chi connectivity index (χ2v) is 4.11. The smallest absolute Gasteiger partial charge is 0.136 e. The molecule has 4 nitrogen and oxygen atoms in total. The van der Waals surface area contributed by atoms with E-state index in [-0.39, 0.29) is 0 Å². The van der Waals surface area contributed by atoms with Crippen LogP contribution in [-0.2, 0) is 0 Å². The van der Waals surface area contributed by atoms with Crippen LogP contribution in [-0.4, -0.2) is 10.3 Å². The van der Waals surface area contributed by atoms with E-state index in [1.165, 1.54) is 0 Å². The van der Waals surface area contributed by atoms with Gasteiger partial charge < -0.3 is 5.73 Å². The Labute approximate surface area is 102 Å². The lowest BCUT2D eigenvalue weighted by Gasteiger charge is -2.04. The van der Waals surface area contributed by atoms with Crippen LogP contribution in [0.25, 0.3) is 22.2 Å². The van der Waals surface area contributed by atoms with Gasteiger partial charge in [-0.1, -0.05) is 23.7 Å². The van der Waals surface area contributed by atoms with E-state index in [2.05, 4.69) is 14.9 Å². The monoisotopic (exact) mass is 245 g/mol. The van der Waals surface area contributed by atoms with E-state index in [9.17, 15) is 0 Å². The number of nitrogens with two attached hydrogens (primary N) is 1. The number of rotatable bonds is 1. The van der Waals surface area contributed by atoms with Crippen molar-refractivity contribution in [1.82, 2.24) is 10.3 Å². The van der Waals surface area contributed by atoms with Gasteiger partial charge in [0.15, 0.2) is 0 Å². The first-order valence-corrected chi connectivity index (χ1v) is 5.39. The summed E-state index contributed by atoms with van der Waals surface area (Å²) in [6, 6.07) is 11.1. The SMILES string of the molecule is Nc1ccc(-c2cc3nonc3cc2Cl)cc1. The highest BCUT2D eigenvalue weighted by atomic mass is 35.5. The minimum absolute atomic E-state index is 0.609. The van der Waals surface area contributed by atoms with Crippen LogP contribution >= 0.6 is 11.6 Å². The Kier molecular flexibility index (Phi) is 2.23. The van der Waals surface area contributed by atoms with Gasteiger partial charge in [0.2, 0.25) is 0 Å². The van der Waals surface area contributed by atoms with Crippen LogP contribution in [0.2, 0.25) is 5.02 Å². The summed E-state index contributed by atoms with van der Waals surface area (Å²) in [6.45, 7) is 0. The number of aromatic nitrogens is 2. The van der Waals surface area contributed by atoms with Gasteiger partial charge in [-0.2, -0.15) is 0 Å². The maximum Gasteiger partial charge on any atom is 0.136 e. The van der Waals surface area contributed by atoms with Crippen LogP contribution in [0.15, 0.2) is 41.0 Å². The molecule has 0 atom stereocenters. The molecule has 0 saturated heterocycles. The van der Waals surface area contributed by atoms with Gasteiger partial charge in [-0.05, 0) is 40.1 Å². The van der Waals surface area contributed by atoms with Crippen molar-refractivity contribution in [3.05, 3.63) is 41.4 Å². The van der Waals surface area contributed by atoms with Crippen molar-refractivity contribution < 1.29 is 4.63 Å². The summed E-state index contributed by atoms with van der Waals surface area (Å²) in [5, 5.41) is 8.14. The molecule has 0 aliphatic heterocycles. The fraction of sp³-hybridized carbons (Fsp3) is 0. The summed E-state index contributed by atoms with van der Waals surface area (Å²) in [5.41, 5.74) is 9.56. The Balaban J connectivity index is 2.21. The van der Waals surface area contributed by atoms with Crippen molar-refractivity contribution in [2.24, 2.45) is 0 Å². The molecule has 1 heterocycles. The molecule has 2 aromatic carbocycles. The number of halogens is 1. The highest BCUT2D eigenvalue weighted by Crippen LogP contribution is 2.31. The average Bonchev–Trinajstić information content (AvgIpc) is 2.76. The summed E-state index contributed by atoms with van der Waals surface area (Å²) < 4.78 is 4.65. The molecule has 1 aromatic heterocycles. The van der Waals surface area contributed by atoms with Crippen molar-refractivity contribution in [3.8, 4) is 11.1 Å². The number of hydrogen-bond acceptors (Lipinski definition) is 4. The molecule has 0 radical (unpaired) electrons. The van der Waals surface area contributed by atoms with Gasteiger partial charge in [0.05, 0.1) is 5.02 Å². The van der Waals surface area contributed by atoms with Gasteiger partial charge >= 0.3 is 0 Å².